The molecule has 9 nitrogen and oxygen atoms in total. The summed E-state index contributed by atoms with van der Waals surface area (Å²) in [7, 11) is 2.75. The minimum Gasteiger partial charge on any atom is -0.428 e. The molecule has 17 heteroatoms. The molecule has 0 heterocycles. The fourth-order valence-electron chi connectivity index (χ4n) is 2.36. The summed E-state index contributed by atoms with van der Waals surface area (Å²) in [4.78, 5) is 13.5. The molecule has 0 spiro atoms. The van der Waals surface area contributed by atoms with Gasteiger partial charge in [-0.1, -0.05) is 0 Å². The summed E-state index contributed by atoms with van der Waals surface area (Å²) in [5.41, 5.74) is 6.28. The minimum atomic E-state index is -4.69. The number of hydrogen-bond donors (Lipinski definition) is 1. The van der Waals surface area contributed by atoms with Crippen molar-refractivity contribution in [3.05, 3.63) is 59.7 Å². The number of halogens is 8. The SMILES string of the molecule is CN(C)C(=O)N(N=Cc1ccc(OC(F)(F)C(F)F)cc1)C(N)=NN=Cc1ccc(OC(F)(F)C(F)F)cc1. The molecule has 2 aromatic rings. The number of nitrogens with two attached hydrogens (primary N) is 1. The lowest BCUT2D eigenvalue weighted by atomic mass is 10.2. The van der Waals surface area contributed by atoms with E-state index in [-0.39, 0.29) is 11.1 Å². The number of benzene rings is 2. The summed E-state index contributed by atoms with van der Waals surface area (Å²) in [6, 6.07) is 7.94. The normalized spacial score (nSPS) is 13.0. The summed E-state index contributed by atoms with van der Waals surface area (Å²) in [6.07, 6.45) is -15.2. The number of urea groups is 1. The zero-order chi connectivity index (χ0) is 29.4. The van der Waals surface area contributed by atoms with E-state index in [1.165, 1.54) is 38.4 Å². The molecule has 0 aliphatic carbocycles. The highest BCUT2D eigenvalue weighted by molar-refractivity contribution is 5.96. The van der Waals surface area contributed by atoms with E-state index < -0.39 is 48.6 Å². The van der Waals surface area contributed by atoms with Gasteiger partial charge in [0.2, 0.25) is 5.96 Å². The first-order valence-electron chi connectivity index (χ1n) is 10.4. The Labute approximate surface area is 215 Å². The Morgan fingerprint density at radius 2 is 1.23 bits per heavy atom. The lowest BCUT2D eigenvalue weighted by molar-refractivity contribution is -0.253. The molecule has 0 bridgehead atoms. The number of alkyl halides is 8. The number of nitrogens with zero attached hydrogens (tertiary/aromatic N) is 5. The maximum Gasteiger partial charge on any atom is 0.461 e. The van der Waals surface area contributed by atoms with Crippen molar-refractivity contribution in [3.8, 4) is 11.5 Å². The largest absolute Gasteiger partial charge is 0.461 e. The van der Waals surface area contributed by atoms with Crippen LogP contribution >= 0.6 is 0 Å². The molecule has 0 fully saturated rings. The van der Waals surface area contributed by atoms with Crippen LogP contribution in [0.1, 0.15) is 11.1 Å². The second-order valence-electron chi connectivity index (χ2n) is 7.50. The van der Waals surface area contributed by atoms with Crippen LogP contribution in [0.2, 0.25) is 0 Å². The lowest BCUT2D eigenvalue weighted by Crippen LogP contribution is -2.43. The summed E-state index contributed by atoms with van der Waals surface area (Å²) >= 11 is 0. The van der Waals surface area contributed by atoms with E-state index in [0.717, 1.165) is 41.6 Å². The Balaban J connectivity index is 2.14. The highest BCUT2D eigenvalue weighted by Gasteiger charge is 2.44. The van der Waals surface area contributed by atoms with Crippen LogP contribution in [0.3, 0.4) is 0 Å². The van der Waals surface area contributed by atoms with Gasteiger partial charge in [-0.05, 0) is 59.7 Å². The predicted octanol–water partition coefficient (Wildman–Crippen LogP) is 4.83. The number of rotatable bonds is 10. The molecular weight excluding hydrogens is 548 g/mol. The van der Waals surface area contributed by atoms with Crippen LogP contribution in [-0.2, 0) is 0 Å². The van der Waals surface area contributed by atoms with Crippen LogP contribution < -0.4 is 15.2 Å². The first-order chi connectivity index (χ1) is 18.1. The highest BCUT2D eigenvalue weighted by atomic mass is 19.3. The molecule has 0 saturated carbocycles. The Bertz CT molecular complexity index is 1190. The van der Waals surface area contributed by atoms with E-state index in [1.807, 2.05) is 0 Å². The molecule has 39 heavy (non-hydrogen) atoms. The van der Waals surface area contributed by atoms with Crippen LogP contribution in [-0.4, -0.2) is 73.5 Å². The predicted molar refractivity (Wildman–Crippen MR) is 124 cm³/mol. The van der Waals surface area contributed by atoms with Crippen molar-refractivity contribution >= 4 is 24.4 Å². The van der Waals surface area contributed by atoms with Crippen molar-refractivity contribution in [2.75, 3.05) is 14.1 Å². The first-order valence-corrected chi connectivity index (χ1v) is 10.4. The average molecular weight is 568 g/mol. The molecule has 2 N–H and O–H groups in total. The van der Waals surface area contributed by atoms with E-state index in [1.54, 1.807) is 0 Å². The number of hydrogen-bond acceptors (Lipinski definition) is 6. The molecule has 0 unspecified atom stereocenters. The Hall–Kier alpha value is -4.44. The van der Waals surface area contributed by atoms with Crippen LogP contribution in [0.15, 0.2) is 63.8 Å². The van der Waals surface area contributed by atoms with Gasteiger partial charge in [-0.15, -0.1) is 10.1 Å². The second kappa shape index (κ2) is 12.9. The summed E-state index contributed by atoms with van der Waals surface area (Å²) in [6.45, 7) is 0. The van der Waals surface area contributed by atoms with E-state index in [2.05, 4.69) is 24.8 Å². The van der Waals surface area contributed by atoms with Crippen LogP contribution in [0, 0.1) is 0 Å². The number of carbonyl (C=O) groups excluding carboxylic acids is 1. The first kappa shape index (κ1) is 30.8. The lowest BCUT2D eigenvalue weighted by Gasteiger charge is -2.19. The van der Waals surface area contributed by atoms with Gasteiger partial charge in [-0.3, -0.25) is 0 Å². The van der Waals surface area contributed by atoms with E-state index >= 15 is 0 Å². The minimum absolute atomic E-state index is 0.232. The van der Waals surface area contributed by atoms with Crippen molar-refractivity contribution in [2.45, 2.75) is 25.1 Å². The molecule has 0 radical (unpaired) electrons. The molecule has 0 atom stereocenters. The summed E-state index contributed by atoms with van der Waals surface area (Å²) in [5.74, 6) is -1.61. The topological polar surface area (TPSA) is 105 Å². The van der Waals surface area contributed by atoms with Gasteiger partial charge in [0.1, 0.15) is 11.5 Å². The maximum atomic E-state index is 13.0. The fourth-order valence-corrected chi connectivity index (χ4v) is 2.36. The smallest absolute Gasteiger partial charge is 0.428 e. The van der Waals surface area contributed by atoms with Gasteiger partial charge in [0, 0.05) is 14.1 Å². The molecule has 2 rings (SSSR count). The van der Waals surface area contributed by atoms with Gasteiger partial charge < -0.3 is 20.1 Å². The third-order valence-electron chi connectivity index (χ3n) is 4.25. The van der Waals surface area contributed by atoms with Crippen molar-refractivity contribution in [1.82, 2.24) is 9.91 Å². The average Bonchev–Trinajstić information content (AvgIpc) is 2.85. The van der Waals surface area contributed by atoms with Gasteiger partial charge in [0.25, 0.3) is 0 Å². The van der Waals surface area contributed by atoms with Crippen LogP contribution in [0.25, 0.3) is 0 Å². The molecule has 212 valence electrons. The zero-order valence-electron chi connectivity index (χ0n) is 20.0. The van der Waals surface area contributed by atoms with E-state index in [9.17, 15) is 39.9 Å². The zero-order valence-corrected chi connectivity index (χ0v) is 20.0. The standard InChI is InChI=1S/C22H20F8N6O3/c1-35(2)20(37)36(33-12-14-5-9-16(10-6-14)39-22(29,30)18(25)26)19(31)34-32-11-13-3-7-15(8-4-13)38-21(27,28)17(23)24/h3-12,17-18H,1-2H3,(H2,31,34). The summed E-state index contributed by atoms with van der Waals surface area (Å²) < 4.78 is 109. The van der Waals surface area contributed by atoms with Crippen molar-refractivity contribution < 1.29 is 49.4 Å². The third-order valence-corrected chi connectivity index (χ3v) is 4.25. The number of hydrazone groups is 1. The van der Waals surface area contributed by atoms with E-state index in [4.69, 9.17) is 5.73 Å². The molecule has 0 aliphatic heterocycles. The molecule has 0 aromatic heterocycles. The monoisotopic (exact) mass is 568 g/mol. The molecule has 0 aliphatic rings. The molecule has 2 amide bonds. The molecular formula is C22H20F8N6O3. The number of carbonyl (C=O) groups is 1. The number of amides is 2. The highest BCUT2D eigenvalue weighted by Crippen LogP contribution is 2.28. The van der Waals surface area contributed by atoms with Crippen molar-refractivity contribution in [2.24, 2.45) is 21.0 Å². The van der Waals surface area contributed by atoms with Crippen molar-refractivity contribution in [3.63, 3.8) is 0 Å². The molecule has 2 aromatic carbocycles. The number of guanidine groups is 1. The van der Waals surface area contributed by atoms with Crippen LogP contribution in [0.5, 0.6) is 11.5 Å². The van der Waals surface area contributed by atoms with Gasteiger partial charge >= 0.3 is 31.1 Å². The molecule has 0 saturated heterocycles. The van der Waals surface area contributed by atoms with Crippen molar-refractivity contribution in [1.29, 1.82) is 0 Å². The Morgan fingerprint density at radius 3 is 1.62 bits per heavy atom. The maximum absolute atomic E-state index is 13.0. The van der Waals surface area contributed by atoms with Gasteiger partial charge in [-0.2, -0.15) is 45.3 Å². The van der Waals surface area contributed by atoms with Crippen LogP contribution in [0.4, 0.5) is 39.9 Å². The quantitative estimate of drug-likeness (QED) is 0.192. The van der Waals surface area contributed by atoms with Gasteiger partial charge in [-0.25, -0.2) is 4.79 Å². The van der Waals surface area contributed by atoms with Gasteiger partial charge in [0.05, 0.1) is 12.4 Å². The Kier molecular flexibility index (Phi) is 10.2. The number of ether oxygens (including phenoxy) is 2. The Morgan fingerprint density at radius 1 is 0.821 bits per heavy atom. The second-order valence-corrected chi connectivity index (χ2v) is 7.50. The third kappa shape index (κ3) is 9.11. The van der Waals surface area contributed by atoms with E-state index in [0.29, 0.717) is 5.01 Å². The van der Waals surface area contributed by atoms with Gasteiger partial charge in [0.15, 0.2) is 0 Å². The fraction of sp³-hybridized carbons (Fsp3) is 0.273. The summed E-state index contributed by atoms with van der Waals surface area (Å²) in [5, 5.41) is 11.7.